The van der Waals surface area contributed by atoms with Gasteiger partial charge in [-0.2, -0.15) is 0 Å². The quantitative estimate of drug-likeness (QED) is 0.427. The molecule has 3 nitrogen and oxygen atoms in total. The van der Waals surface area contributed by atoms with Crippen LogP contribution in [0, 0.1) is 0 Å². The Morgan fingerprint density at radius 3 is 2.50 bits per heavy atom. The molecule has 0 aromatic rings. The SMILES string of the molecule is CCCCCCN=C(NCC)N1CCCC1. The average molecular weight is 225 g/mol. The first-order valence-electron chi connectivity index (χ1n) is 6.91. The molecule has 0 radical (unpaired) electrons. The summed E-state index contributed by atoms with van der Waals surface area (Å²) >= 11 is 0. The maximum atomic E-state index is 4.70. The van der Waals surface area contributed by atoms with Gasteiger partial charge < -0.3 is 10.2 Å². The third kappa shape index (κ3) is 4.86. The molecule has 3 heteroatoms. The van der Waals surface area contributed by atoms with E-state index in [2.05, 4.69) is 24.1 Å². The molecule has 1 aliphatic heterocycles. The second-order valence-electron chi connectivity index (χ2n) is 4.49. The van der Waals surface area contributed by atoms with Crippen LogP contribution in [0.1, 0.15) is 52.4 Å². The van der Waals surface area contributed by atoms with Crippen molar-refractivity contribution in [3.63, 3.8) is 0 Å². The summed E-state index contributed by atoms with van der Waals surface area (Å²) in [6.45, 7) is 8.71. The van der Waals surface area contributed by atoms with Crippen molar-refractivity contribution in [2.75, 3.05) is 26.2 Å². The van der Waals surface area contributed by atoms with Crippen molar-refractivity contribution >= 4 is 5.96 Å². The minimum absolute atomic E-state index is 0.976. The van der Waals surface area contributed by atoms with Crippen LogP contribution in [0.4, 0.5) is 0 Å². The summed E-state index contributed by atoms with van der Waals surface area (Å²) in [5.74, 6) is 1.14. The number of guanidine groups is 1. The van der Waals surface area contributed by atoms with Gasteiger partial charge in [-0.25, -0.2) is 0 Å². The number of hydrogen-bond donors (Lipinski definition) is 1. The number of likely N-dealkylation sites (tertiary alicyclic amines) is 1. The molecular weight excluding hydrogens is 198 g/mol. The molecule has 1 heterocycles. The summed E-state index contributed by atoms with van der Waals surface area (Å²) in [6, 6.07) is 0. The highest BCUT2D eigenvalue weighted by Gasteiger charge is 2.14. The lowest BCUT2D eigenvalue weighted by Crippen LogP contribution is -2.39. The van der Waals surface area contributed by atoms with Crippen molar-refractivity contribution < 1.29 is 0 Å². The van der Waals surface area contributed by atoms with Crippen LogP contribution in [0.15, 0.2) is 4.99 Å². The van der Waals surface area contributed by atoms with Gasteiger partial charge in [0, 0.05) is 26.2 Å². The molecule has 0 aromatic heterocycles. The van der Waals surface area contributed by atoms with Crippen molar-refractivity contribution in [3.8, 4) is 0 Å². The molecule has 94 valence electrons. The van der Waals surface area contributed by atoms with Gasteiger partial charge in [0.1, 0.15) is 0 Å². The highest BCUT2D eigenvalue weighted by Crippen LogP contribution is 2.07. The fourth-order valence-electron chi connectivity index (χ4n) is 2.08. The monoisotopic (exact) mass is 225 g/mol. The smallest absolute Gasteiger partial charge is 0.193 e. The Hall–Kier alpha value is -0.730. The fraction of sp³-hybridized carbons (Fsp3) is 0.923. The fourth-order valence-corrected chi connectivity index (χ4v) is 2.08. The third-order valence-corrected chi connectivity index (χ3v) is 3.01. The molecule has 16 heavy (non-hydrogen) atoms. The molecule has 0 amide bonds. The minimum atomic E-state index is 0.976. The topological polar surface area (TPSA) is 27.6 Å². The zero-order chi connectivity index (χ0) is 11.6. The largest absolute Gasteiger partial charge is 0.357 e. The molecule has 1 rings (SSSR count). The number of nitrogens with one attached hydrogen (secondary N) is 1. The van der Waals surface area contributed by atoms with Crippen molar-refractivity contribution in [3.05, 3.63) is 0 Å². The van der Waals surface area contributed by atoms with Gasteiger partial charge in [-0.3, -0.25) is 4.99 Å². The Bertz CT molecular complexity index is 195. The maximum Gasteiger partial charge on any atom is 0.193 e. The predicted molar refractivity (Wildman–Crippen MR) is 70.9 cm³/mol. The first-order valence-corrected chi connectivity index (χ1v) is 6.91. The lowest BCUT2D eigenvalue weighted by Gasteiger charge is -2.20. The lowest BCUT2D eigenvalue weighted by atomic mass is 10.2. The molecule has 0 spiro atoms. The molecule has 1 fully saturated rings. The highest BCUT2D eigenvalue weighted by atomic mass is 15.3. The van der Waals surface area contributed by atoms with Gasteiger partial charge in [-0.1, -0.05) is 26.2 Å². The maximum absolute atomic E-state index is 4.70. The van der Waals surface area contributed by atoms with Crippen LogP contribution < -0.4 is 5.32 Å². The van der Waals surface area contributed by atoms with Crippen LogP contribution >= 0.6 is 0 Å². The third-order valence-electron chi connectivity index (χ3n) is 3.01. The molecular formula is C13H27N3. The van der Waals surface area contributed by atoms with Gasteiger partial charge in [-0.05, 0) is 26.2 Å². The molecule has 0 unspecified atom stereocenters. The van der Waals surface area contributed by atoms with Gasteiger partial charge in [0.15, 0.2) is 5.96 Å². The van der Waals surface area contributed by atoms with Crippen molar-refractivity contribution in [1.29, 1.82) is 0 Å². The number of nitrogens with zero attached hydrogens (tertiary/aromatic N) is 2. The summed E-state index contributed by atoms with van der Waals surface area (Å²) in [7, 11) is 0. The Morgan fingerprint density at radius 1 is 1.12 bits per heavy atom. The summed E-state index contributed by atoms with van der Waals surface area (Å²) in [6.07, 6.45) is 7.84. The van der Waals surface area contributed by atoms with E-state index in [0.717, 1.165) is 19.0 Å². The first kappa shape index (κ1) is 13.3. The van der Waals surface area contributed by atoms with Crippen LogP contribution in [-0.2, 0) is 0 Å². The Morgan fingerprint density at radius 2 is 1.88 bits per heavy atom. The number of unbranched alkanes of at least 4 members (excludes halogenated alkanes) is 3. The van der Waals surface area contributed by atoms with Crippen molar-refractivity contribution in [1.82, 2.24) is 10.2 Å². The number of aliphatic imine (C=N–C) groups is 1. The Kier molecular flexibility index (Phi) is 7.02. The van der Waals surface area contributed by atoms with Crippen molar-refractivity contribution in [2.45, 2.75) is 52.4 Å². The normalized spacial score (nSPS) is 16.9. The molecule has 0 bridgehead atoms. The number of rotatable bonds is 6. The predicted octanol–water partition coefficient (Wildman–Crippen LogP) is 2.63. The molecule has 1 N–H and O–H groups in total. The molecule has 0 aliphatic carbocycles. The average Bonchev–Trinajstić information content (AvgIpc) is 2.81. The van der Waals surface area contributed by atoms with Gasteiger partial charge in [0.05, 0.1) is 0 Å². The van der Waals surface area contributed by atoms with E-state index in [4.69, 9.17) is 4.99 Å². The summed E-state index contributed by atoms with van der Waals surface area (Å²) in [5, 5.41) is 3.39. The molecule has 0 aromatic carbocycles. The Balaban J connectivity index is 2.27. The van der Waals surface area contributed by atoms with Crippen LogP contribution in [0.5, 0.6) is 0 Å². The van der Waals surface area contributed by atoms with Gasteiger partial charge >= 0.3 is 0 Å². The van der Waals surface area contributed by atoms with Crippen LogP contribution in [-0.4, -0.2) is 37.0 Å². The summed E-state index contributed by atoms with van der Waals surface area (Å²) in [4.78, 5) is 7.09. The van der Waals surface area contributed by atoms with Crippen molar-refractivity contribution in [2.24, 2.45) is 4.99 Å². The Labute approximate surface area is 100 Å². The van der Waals surface area contributed by atoms with Crippen LogP contribution in [0.25, 0.3) is 0 Å². The van der Waals surface area contributed by atoms with E-state index in [1.165, 1.54) is 51.6 Å². The van der Waals surface area contributed by atoms with Gasteiger partial charge in [0.2, 0.25) is 0 Å². The second-order valence-corrected chi connectivity index (χ2v) is 4.49. The van der Waals surface area contributed by atoms with E-state index >= 15 is 0 Å². The minimum Gasteiger partial charge on any atom is -0.357 e. The van der Waals surface area contributed by atoms with E-state index in [9.17, 15) is 0 Å². The molecule has 0 saturated carbocycles. The standard InChI is InChI=1S/C13H27N3/c1-3-5-6-7-10-15-13(14-4-2)16-11-8-9-12-16/h3-12H2,1-2H3,(H,14,15). The summed E-state index contributed by atoms with van der Waals surface area (Å²) in [5.41, 5.74) is 0. The zero-order valence-corrected chi connectivity index (χ0v) is 11.0. The van der Waals surface area contributed by atoms with E-state index < -0.39 is 0 Å². The molecule has 1 aliphatic rings. The van der Waals surface area contributed by atoms with E-state index in [1.54, 1.807) is 0 Å². The number of hydrogen-bond acceptors (Lipinski definition) is 1. The van der Waals surface area contributed by atoms with Gasteiger partial charge in [0.25, 0.3) is 0 Å². The lowest BCUT2D eigenvalue weighted by molar-refractivity contribution is 0.492. The van der Waals surface area contributed by atoms with E-state index in [-0.39, 0.29) is 0 Å². The second kappa shape index (κ2) is 8.43. The molecule has 0 atom stereocenters. The summed E-state index contributed by atoms with van der Waals surface area (Å²) < 4.78 is 0. The zero-order valence-electron chi connectivity index (χ0n) is 11.0. The van der Waals surface area contributed by atoms with Crippen LogP contribution in [0.3, 0.4) is 0 Å². The van der Waals surface area contributed by atoms with E-state index in [0.29, 0.717) is 0 Å². The van der Waals surface area contributed by atoms with Gasteiger partial charge in [-0.15, -0.1) is 0 Å². The highest BCUT2D eigenvalue weighted by molar-refractivity contribution is 5.80. The van der Waals surface area contributed by atoms with E-state index in [1.807, 2.05) is 0 Å². The first-order chi connectivity index (χ1) is 7.88. The van der Waals surface area contributed by atoms with Crippen LogP contribution in [0.2, 0.25) is 0 Å². The molecule has 1 saturated heterocycles.